The van der Waals surface area contributed by atoms with E-state index in [2.05, 4.69) is 22.7 Å². The third-order valence-corrected chi connectivity index (χ3v) is 15.7. The van der Waals surface area contributed by atoms with Crippen molar-refractivity contribution in [1.29, 1.82) is 0 Å². The van der Waals surface area contributed by atoms with E-state index >= 15 is 4.79 Å². The number of carbonyl (C=O) groups is 4. The Labute approximate surface area is 365 Å². The van der Waals surface area contributed by atoms with Crippen molar-refractivity contribution in [2.75, 3.05) is 20.2 Å². The number of benzene rings is 2. The van der Waals surface area contributed by atoms with E-state index in [9.17, 15) is 22.8 Å². The van der Waals surface area contributed by atoms with Crippen LogP contribution in [-0.2, 0) is 35.6 Å². The number of pyridine rings is 1. The lowest BCUT2D eigenvalue weighted by Gasteiger charge is -2.36. The second-order valence-corrected chi connectivity index (χ2v) is 20.4. The Morgan fingerprint density at radius 1 is 1.00 bits per heavy atom. The van der Waals surface area contributed by atoms with Gasteiger partial charge in [0.2, 0.25) is 27.7 Å². The van der Waals surface area contributed by atoms with Gasteiger partial charge in [-0.25, -0.2) is 13.4 Å². The molecule has 13 nitrogen and oxygen atoms in total. The monoisotopic (exact) mass is 867 g/mol. The van der Waals surface area contributed by atoms with Gasteiger partial charge in [0, 0.05) is 60.3 Å². The SMILES string of the molecule is C=C[C@@H]1C[C@]1(NC(=O)[C@@H]1C[C@@H]2CN1C(=O)[C@H](C1CCCCC1)CC(=O)N(C(C)C)CCCCCc1cc3c(cc(-c4ccccc4)nc3cc1OC)O2)C(=O)NS(=O)(=O)C1CC1. The number of nitrogens with one attached hydrogen (secondary N) is 2. The van der Waals surface area contributed by atoms with Crippen LogP contribution in [0.2, 0.25) is 0 Å². The van der Waals surface area contributed by atoms with Crippen LogP contribution in [0.5, 0.6) is 11.5 Å². The third-order valence-electron chi connectivity index (χ3n) is 13.9. The fourth-order valence-electron chi connectivity index (χ4n) is 10.0. The first kappa shape index (κ1) is 43.7. The molecule has 62 heavy (non-hydrogen) atoms. The summed E-state index contributed by atoms with van der Waals surface area (Å²) in [5.41, 5.74) is 1.73. The van der Waals surface area contributed by atoms with Crippen LogP contribution >= 0.6 is 0 Å². The predicted molar refractivity (Wildman–Crippen MR) is 237 cm³/mol. The molecule has 2 aliphatic heterocycles. The highest BCUT2D eigenvalue weighted by Gasteiger charge is 2.62. The molecule has 0 unspecified atom stereocenters. The molecule has 3 heterocycles. The quantitative estimate of drug-likeness (QED) is 0.217. The zero-order chi connectivity index (χ0) is 43.8. The second kappa shape index (κ2) is 18.0. The predicted octanol–water partition coefficient (Wildman–Crippen LogP) is 6.48. The van der Waals surface area contributed by atoms with Crippen molar-refractivity contribution in [3.8, 4) is 22.8 Å². The highest BCUT2D eigenvalue weighted by molar-refractivity contribution is 7.91. The van der Waals surface area contributed by atoms with E-state index in [1.165, 1.54) is 0 Å². The number of hydrogen-bond acceptors (Lipinski definition) is 9. The van der Waals surface area contributed by atoms with Gasteiger partial charge >= 0.3 is 0 Å². The maximum atomic E-state index is 15.3. The average Bonchev–Trinajstić information content (AvgIpc) is 4.20. The normalized spacial score (nSPS) is 26.5. The molecule has 1 aromatic heterocycles. The molecule has 2 aromatic carbocycles. The Morgan fingerprint density at radius 2 is 1.74 bits per heavy atom. The van der Waals surface area contributed by atoms with Crippen LogP contribution in [0.4, 0.5) is 0 Å². The van der Waals surface area contributed by atoms with Gasteiger partial charge in [0.05, 0.1) is 30.1 Å². The molecule has 4 amide bonds. The Balaban J connectivity index is 1.20. The smallest absolute Gasteiger partial charge is 0.259 e. The van der Waals surface area contributed by atoms with Crippen LogP contribution in [0.25, 0.3) is 22.2 Å². The van der Waals surface area contributed by atoms with Gasteiger partial charge in [0.1, 0.15) is 29.2 Å². The summed E-state index contributed by atoms with van der Waals surface area (Å²) < 4.78 is 40.9. The van der Waals surface area contributed by atoms with E-state index in [4.69, 9.17) is 14.5 Å². The number of methoxy groups -OCH3 is 1. The van der Waals surface area contributed by atoms with Gasteiger partial charge < -0.3 is 24.6 Å². The van der Waals surface area contributed by atoms with Crippen LogP contribution in [0.1, 0.15) is 103 Å². The fourth-order valence-corrected chi connectivity index (χ4v) is 11.4. The lowest BCUT2D eigenvalue weighted by molar-refractivity contribution is -0.148. The minimum Gasteiger partial charge on any atom is -0.496 e. The van der Waals surface area contributed by atoms with E-state index in [-0.39, 0.29) is 49.6 Å². The first-order valence-electron chi connectivity index (χ1n) is 22.7. The number of aryl methyl sites for hydroxylation is 1. The van der Waals surface area contributed by atoms with E-state index in [0.29, 0.717) is 36.3 Å². The fraction of sp³-hybridized carbons (Fsp3) is 0.562. The lowest BCUT2D eigenvalue weighted by Crippen LogP contribution is -2.57. The van der Waals surface area contributed by atoms with E-state index in [1.54, 1.807) is 18.1 Å². The highest BCUT2D eigenvalue weighted by Crippen LogP contribution is 2.46. The standard InChI is InChI=1S/C48H61N5O8S/c1-5-34-28-48(34,47(57)51-62(58,59)36-20-21-36)50-45(55)41-24-35-29-53(41)46(56)37(31-15-9-6-10-16-31)25-44(54)52(30(2)3)22-14-8-13-19-33-23-38-40(27-42(33)60-4)49-39(26-43(38)61-35)32-17-11-7-12-18-32/h5,7,11-12,17-18,23,26-27,30-31,34-37,41H,1,6,8-10,13-16,19-22,24-25,28-29H2,2-4H3,(H,50,55)(H,51,57)/t34-,35-,37+,41+,48-/m1/s1. The van der Waals surface area contributed by atoms with Crippen molar-refractivity contribution in [2.24, 2.45) is 17.8 Å². The molecule has 3 saturated carbocycles. The van der Waals surface area contributed by atoms with Crippen molar-refractivity contribution in [3.05, 3.63) is 66.7 Å². The highest BCUT2D eigenvalue weighted by atomic mass is 32.2. The molecule has 1 saturated heterocycles. The number of amides is 4. The van der Waals surface area contributed by atoms with Crippen molar-refractivity contribution < 1.29 is 37.1 Å². The molecule has 0 spiro atoms. The second-order valence-electron chi connectivity index (χ2n) is 18.4. The van der Waals surface area contributed by atoms with Gasteiger partial charge in [-0.2, -0.15) is 0 Å². The molecule has 2 N–H and O–H groups in total. The zero-order valence-corrected chi connectivity index (χ0v) is 37.1. The van der Waals surface area contributed by atoms with E-state index in [0.717, 1.165) is 80.1 Å². The van der Waals surface area contributed by atoms with Gasteiger partial charge in [-0.15, -0.1) is 6.58 Å². The van der Waals surface area contributed by atoms with Crippen molar-refractivity contribution in [3.63, 3.8) is 0 Å². The van der Waals surface area contributed by atoms with Crippen molar-refractivity contribution in [1.82, 2.24) is 24.8 Å². The number of aromatic nitrogens is 1. The molecule has 3 aromatic rings. The molecular weight excluding hydrogens is 807 g/mol. The number of sulfonamides is 1. The Hall–Kier alpha value is -4.98. The molecule has 3 aliphatic carbocycles. The van der Waals surface area contributed by atoms with Crippen LogP contribution in [0.3, 0.4) is 0 Å². The van der Waals surface area contributed by atoms with Crippen LogP contribution in [-0.4, -0.2) is 96.0 Å². The van der Waals surface area contributed by atoms with Gasteiger partial charge in [-0.05, 0) is 82.8 Å². The topological polar surface area (TPSA) is 164 Å². The minimum atomic E-state index is -3.90. The summed E-state index contributed by atoms with van der Waals surface area (Å²) in [6.07, 6.45) is 10.1. The number of hydrogen-bond donors (Lipinski definition) is 2. The molecule has 14 heteroatoms. The molecule has 4 bridgehead atoms. The average molecular weight is 868 g/mol. The summed E-state index contributed by atoms with van der Waals surface area (Å²) in [4.78, 5) is 66.8. The number of fused-ring (bicyclic) bond motifs is 3. The lowest BCUT2D eigenvalue weighted by atomic mass is 9.77. The summed E-state index contributed by atoms with van der Waals surface area (Å²) in [6, 6.07) is 14.6. The van der Waals surface area contributed by atoms with Crippen LogP contribution < -0.4 is 19.5 Å². The first-order valence-corrected chi connectivity index (χ1v) is 24.2. The van der Waals surface area contributed by atoms with E-state index < -0.39 is 56.6 Å². The van der Waals surface area contributed by atoms with Crippen molar-refractivity contribution >= 4 is 44.6 Å². The summed E-state index contributed by atoms with van der Waals surface area (Å²) in [5, 5.41) is 3.08. The zero-order valence-electron chi connectivity index (χ0n) is 36.3. The summed E-state index contributed by atoms with van der Waals surface area (Å²) >= 11 is 0. The number of nitrogens with zero attached hydrogens (tertiary/aromatic N) is 3. The maximum absolute atomic E-state index is 15.3. The molecule has 0 radical (unpaired) electrons. The van der Waals surface area contributed by atoms with Gasteiger partial charge in [-0.3, -0.25) is 23.9 Å². The molecule has 8 rings (SSSR count). The molecule has 332 valence electrons. The molecule has 5 aliphatic rings. The largest absolute Gasteiger partial charge is 0.496 e. The number of carbonyl (C=O) groups excluding carboxylic acids is 4. The minimum absolute atomic E-state index is 0.0345. The summed E-state index contributed by atoms with van der Waals surface area (Å²) in [5.74, 6) is -1.63. The molecule has 5 atom stereocenters. The van der Waals surface area contributed by atoms with Gasteiger partial charge in [-0.1, -0.05) is 62.1 Å². The first-order chi connectivity index (χ1) is 29.8. The Morgan fingerprint density at radius 3 is 2.42 bits per heavy atom. The Kier molecular flexibility index (Phi) is 12.7. The third kappa shape index (κ3) is 9.07. The molecule has 4 fully saturated rings. The summed E-state index contributed by atoms with van der Waals surface area (Å²) in [6.45, 7) is 8.52. The van der Waals surface area contributed by atoms with Gasteiger partial charge in [0.15, 0.2) is 0 Å². The maximum Gasteiger partial charge on any atom is 0.259 e. The van der Waals surface area contributed by atoms with Crippen LogP contribution in [0, 0.1) is 17.8 Å². The summed E-state index contributed by atoms with van der Waals surface area (Å²) in [7, 11) is -2.25. The molecular formula is C48H61N5O8S. The number of ether oxygens (including phenoxy) is 2. The Bertz CT molecular complexity index is 2310. The van der Waals surface area contributed by atoms with E-state index in [1.807, 2.05) is 61.2 Å². The van der Waals surface area contributed by atoms with Crippen LogP contribution in [0.15, 0.2) is 61.2 Å². The van der Waals surface area contributed by atoms with Crippen molar-refractivity contribution in [2.45, 2.75) is 133 Å². The number of rotatable bonds is 10. The van der Waals surface area contributed by atoms with Gasteiger partial charge in [0.25, 0.3) is 5.91 Å².